The minimum atomic E-state index is 0. The highest BCUT2D eigenvalue weighted by Crippen LogP contribution is 1.14. The molecule has 34 valence electrons. The quantitative estimate of drug-likeness (QED) is 0.480. The molecule has 0 aliphatic carbocycles. The third-order valence-corrected chi connectivity index (χ3v) is 0. The molecule has 0 aromatic heterocycles. The van der Waals surface area contributed by atoms with Crippen LogP contribution in [0, 0.1) is 0 Å². The van der Waals surface area contributed by atoms with Gasteiger partial charge in [0.15, 0.2) is 0 Å². The van der Waals surface area contributed by atoms with Crippen LogP contribution in [-0.2, 0) is 22.4 Å². The molecule has 0 saturated carbocycles. The first kappa shape index (κ1) is 17.1. The highest BCUT2D eigenvalue weighted by Gasteiger charge is 0.932. The highest BCUT2D eigenvalue weighted by atomic mass is 32.8. The zero-order chi connectivity index (χ0) is 4.00. The third-order valence-electron chi connectivity index (χ3n) is 0. The van der Waals surface area contributed by atoms with Crippen LogP contribution in [0.3, 0.4) is 0 Å². The van der Waals surface area contributed by atoms with Gasteiger partial charge < -0.3 is 0 Å². The van der Waals surface area contributed by atoms with E-state index in [1.807, 2.05) is 13.8 Å². The van der Waals surface area contributed by atoms with E-state index in [0.29, 0.717) is 0 Å². The Bertz CT molecular complexity index is 4.85. The van der Waals surface area contributed by atoms with Gasteiger partial charge in [-0.1, -0.05) is 13.8 Å². The van der Waals surface area contributed by atoms with Crippen LogP contribution in [-0.4, -0.2) is 0 Å². The van der Waals surface area contributed by atoms with Gasteiger partial charge in [0.25, 0.3) is 0 Å². The summed E-state index contributed by atoms with van der Waals surface area (Å²) in [6, 6.07) is 0. The third kappa shape index (κ3) is 59.7. The van der Waals surface area contributed by atoms with Gasteiger partial charge in [-0.25, -0.2) is 0 Å². The van der Waals surface area contributed by atoms with E-state index in [1.165, 1.54) is 0 Å². The molecule has 0 aromatic carbocycles. The van der Waals surface area contributed by atoms with E-state index < -0.39 is 0 Å². The molecule has 0 aromatic rings. The predicted octanol–water partition coefficient (Wildman–Crippen LogP) is 1.13. The maximum atomic E-state index is 3.67. The Morgan fingerprint density at radius 3 is 1.00 bits per heavy atom. The second-order valence-electron chi connectivity index (χ2n) is 0. The van der Waals surface area contributed by atoms with Crippen molar-refractivity contribution in [2.75, 3.05) is 0 Å². The van der Waals surface area contributed by atoms with E-state index in [1.54, 1.807) is 0 Å². The van der Waals surface area contributed by atoms with Gasteiger partial charge in [-0.15, -0.1) is 0 Å². The van der Waals surface area contributed by atoms with Crippen LogP contribution in [0.5, 0.6) is 0 Å². The molecule has 3 heteroatoms. The largest absolute Gasteiger partial charge is 0.197 e. The lowest BCUT2D eigenvalue weighted by molar-refractivity contribution is 1.50. The van der Waals surface area contributed by atoms with Crippen molar-refractivity contribution in [1.82, 2.24) is 0 Å². The molecule has 0 bridgehead atoms. The smallest absolute Gasteiger partial charge is 0 e. The van der Waals surface area contributed by atoms with Crippen molar-refractivity contribution in [2.45, 2.75) is 13.8 Å². The summed E-state index contributed by atoms with van der Waals surface area (Å²) < 4.78 is 0. The van der Waals surface area contributed by atoms with Gasteiger partial charge in [-0.2, -0.15) is 13.5 Å². The van der Waals surface area contributed by atoms with E-state index in [-0.39, 0.29) is 13.5 Å². The molecule has 0 spiro atoms. The van der Waals surface area contributed by atoms with Crippen LogP contribution in [0.4, 0.5) is 0 Å². The lowest BCUT2D eigenvalue weighted by atomic mass is 11.0. The van der Waals surface area contributed by atoms with Crippen LogP contribution < -0.4 is 0 Å². The summed E-state index contributed by atoms with van der Waals surface area (Å²) in [7, 11) is 0. The molecular formula is C2H8S3. The summed E-state index contributed by atoms with van der Waals surface area (Å²) in [5.74, 6) is 0. The van der Waals surface area contributed by atoms with E-state index in [4.69, 9.17) is 0 Å². The molecule has 0 fully saturated rings. The standard InChI is InChI=1S/C2H6.S2.H2S/c2*1-2;/h1-2H3;;1H2. The molecule has 0 aliphatic rings. The zero-order valence-corrected chi connectivity index (χ0v) is 5.95. The second-order valence-corrected chi connectivity index (χ2v) is 0. The molecule has 0 nitrogen and oxygen atoms in total. The molecule has 0 aliphatic heterocycles. The second kappa shape index (κ2) is 110. The zero-order valence-electron chi connectivity index (χ0n) is 3.32. The molecule has 0 amide bonds. The maximum absolute atomic E-state index is 3.67. The van der Waals surface area contributed by atoms with Gasteiger partial charge in [0, 0.05) is 22.4 Å². The number of rotatable bonds is 0. The average molecular weight is 128 g/mol. The van der Waals surface area contributed by atoms with Crippen molar-refractivity contribution in [3.05, 3.63) is 0 Å². The Labute approximate surface area is 50.1 Å². The van der Waals surface area contributed by atoms with Gasteiger partial charge in [0.2, 0.25) is 0 Å². The lowest BCUT2D eigenvalue weighted by Crippen LogP contribution is -0.856. The predicted molar refractivity (Wildman–Crippen MR) is 36.5 cm³/mol. The Morgan fingerprint density at radius 2 is 1.00 bits per heavy atom. The summed E-state index contributed by atoms with van der Waals surface area (Å²) in [5, 5.41) is 0. The Hall–Kier alpha value is 0.790. The first-order valence-corrected chi connectivity index (χ1v) is 2.50. The van der Waals surface area contributed by atoms with Crippen LogP contribution in [0.15, 0.2) is 0 Å². The van der Waals surface area contributed by atoms with Crippen molar-refractivity contribution in [3.8, 4) is 0 Å². The Balaban J connectivity index is -0.0000000133. The van der Waals surface area contributed by atoms with Crippen molar-refractivity contribution in [1.29, 1.82) is 0 Å². The van der Waals surface area contributed by atoms with Crippen LogP contribution >= 0.6 is 13.5 Å². The fourth-order valence-corrected chi connectivity index (χ4v) is 0. The fraction of sp³-hybridized carbons (Fsp3) is 1.00. The summed E-state index contributed by atoms with van der Waals surface area (Å²) in [4.78, 5) is 0. The van der Waals surface area contributed by atoms with E-state index in [9.17, 15) is 0 Å². The first-order valence-electron chi connectivity index (χ1n) is 1.17. The molecule has 0 rings (SSSR count). The molecule has 5 heavy (non-hydrogen) atoms. The van der Waals surface area contributed by atoms with Crippen LogP contribution in [0.1, 0.15) is 13.8 Å². The monoisotopic (exact) mass is 128 g/mol. The van der Waals surface area contributed by atoms with Crippen LogP contribution in [0.25, 0.3) is 0 Å². The molecule has 0 unspecified atom stereocenters. The van der Waals surface area contributed by atoms with E-state index >= 15 is 0 Å². The van der Waals surface area contributed by atoms with Gasteiger partial charge in [0.1, 0.15) is 0 Å². The van der Waals surface area contributed by atoms with Gasteiger partial charge in [-0.05, 0) is 0 Å². The highest BCUT2D eigenvalue weighted by molar-refractivity contribution is 8.07. The van der Waals surface area contributed by atoms with Crippen molar-refractivity contribution in [2.24, 2.45) is 0 Å². The Morgan fingerprint density at radius 1 is 1.00 bits per heavy atom. The van der Waals surface area contributed by atoms with E-state index in [2.05, 4.69) is 22.4 Å². The van der Waals surface area contributed by atoms with Gasteiger partial charge >= 0.3 is 0 Å². The minimum absolute atomic E-state index is 0. The SMILES string of the molecule is CC.S.S=S. The molecule has 0 heterocycles. The minimum Gasteiger partial charge on any atom is -0.197 e. The summed E-state index contributed by atoms with van der Waals surface area (Å²) in [5.41, 5.74) is 0. The lowest BCUT2D eigenvalue weighted by Gasteiger charge is -1.07. The normalized spacial score (nSPS) is 2.00. The van der Waals surface area contributed by atoms with Crippen LogP contribution in [0.2, 0.25) is 0 Å². The van der Waals surface area contributed by atoms with Gasteiger partial charge in [0.05, 0.1) is 0 Å². The number of hydrogen-bond donors (Lipinski definition) is 0. The van der Waals surface area contributed by atoms with Crippen molar-refractivity contribution >= 4 is 35.9 Å². The van der Waals surface area contributed by atoms with Crippen molar-refractivity contribution in [3.63, 3.8) is 0 Å². The summed E-state index contributed by atoms with van der Waals surface area (Å²) in [6.45, 7) is 4.00. The average Bonchev–Trinajstić information content (AvgIpc) is 1.50. The molecule has 0 saturated heterocycles. The summed E-state index contributed by atoms with van der Waals surface area (Å²) in [6.07, 6.45) is 0. The molecule has 0 N–H and O–H groups in total. The maximum Gasteiger partial charge on any atom is 0 e. The van der Waals surface area contributed by atoms with Crippen molar-refractivity contribution < 1.29 is 0 Å². The van der Waals surface area contributed by atoms with E-state index in [0.717, 1.165) is 0 Å². The number of hydrogen-bond acceptors (Lipinski definition) is 2. The topological polar surface area (TPSA) is 0 Å². The molecular weight excluding hydrogens is 120 g/mol. The summed E-state index contributed by atoms with van der Waals surface area (Å²) >= 11 is 7.33. The van der Waals surface area contributed by atoms with Gasteiger partial charge in [-0.3, -0.25) is 0 Å². The Kier molecular flexibility index (Phi) is 376. The molecule has 0 radical (unpaired) electrons. The molecule has 0 atom stereocenters. The first-order chi connectivity index (χ1) is 2.00. The fourth-order valence-electron chi connectivity index (χ4n) is 0.